The number of carbonyl (C=O) groups is 4. The number of aromatic nitrogens is 10. The highest BCUT2D eigenvalue weighted by atomic mass is 32.1. The first kappa shape index (κ1) is 64.6. The number of alkyl halides is 2. The summed E-state index contributed by atoms with van der Waals surface area (Å²) in [4.78, 5) is 67.7. The first-order chi connectivity index (χ1) is 39.7. The van der Waals surface area contributed by atoms with Crippen molar-refractivity contribution in [1.29, 1.82) is 0 Å². The standard InChI is InChI=1S/C30H30FN7O3.C18H15N5O3.C12H17FN2O.2CH4.H2S/c1-17-4-3-5-22(34-17)11-27(39)26-10-21(31)14-37(26)29(40)16-36-15-24(30(32)41)23-9-19(6-7-25(23)36)20-12-33-28-8-18(2)35-38(28)13-20;1-10-4-16-20-6-12(7-23(16)21-10)11-2-3-15-13(5-11)14(18(19)26)8-22(15)9-17(24)25;1-8-3-2-4-10(15-8)6-12(16)11-5-9(13)7-14-11;;;/h3-9,12-13,15,21,26-27,39H,10-11,14,16H2,1-2H3,(H2,32,41);2-8H,9H2,1H3,(H2,19,26)(H,24,25);2-4,9,11-12,14,16H,5-7H2,1H3;2*1H4;1H2/t21-,26+,27?;;9-,11+,12?;;;/m1.1.../s1. The Morgan fingerprint density at radius 2 is 1.12 bits per heavy atom. The maximum absolute atomic E-state index is 14.6. The van der Waals surface area contributed by atoms with Gasteiger partial charge < -0.3 is 46.1 Å². The number of carboxylic acid groups (broad SMARTS) is 1. The third-order valence-corrected chi connectivity index (χ3v) is 14.8. The molecular formula is C62H72F2N14O7S. The number of carbonyl (C=O) groups excluding carboxylic acids is 3. The highest BCUT2D eigenvalue weighted by molar-refractivity contribution is 7.59. The number of pyridine rings is 2. The number of nitrogens with one attached hydrogen (secondary N) is 1. The van der Waals surface area contributed by atoms with Gasteiger partial charge in [0.2, 0.25) is 5.91 Å². The summed E-state index contributed by atoms with van der Waals surface area (Å²) in [5.74, 6) is -2.58. The molecule has 8 aromatic heterocycles. The Balaban J connectivity index is 0.000000201. The number of aliphatic carboxylic acids is 1. The molecule has 21 nitrogen and oxygen atoms in total. The minimum absolute atomic E-state index is 0. The summed E-state index contributed by atoms with van der Waals surface area (Å²) in [7, 11) is 0. The van der Waals surface area contributed by atoms with Crippen LogP contribution in [0.5, 0.6) is 0 Å². The molecule has 24 heteroatoms. The fraction of sp³-hybridized carbons (Fsp3) is 0.323. The number of carboxylic acids is 1. The number of hydrogen-bond acceptors (Lipinski definition) is 13. The van der Waals surface area contributed by atoms with E-state index in [0.717, 1.165) is 62.0 Å². The van der Waals surface area contributed by atoms with E-state index in [0.29, 0.717) is 46.9 Å². The molecule has 2 aliphatic rings. The van der Waals surface area contributed by atoms with Gasteiger partial charge in [0.15, 0.2) is 11.3 Å². The van der Waals surface area contributed by atoms with Crippen LogP contribution in [-0.2, 0) is 35.5 Å². The third kappa shape index (κ3) is 14.6. The number of fused-ring (bicyclic) bond motifs is 4. The molecule has 0 saturated carbocycles. The maximum Gasteiger partial charge on any atom is 0.323 e. The summed E-state index contributed by atoms with van der Waals surface area (Å²) in [5, 5.41) is 42.9. The molecule has 10 heterocycles. The van der Waals surface area contributed by atoms with Crippen molar-refractivity contribution in [2.45, 2.75) is 118 Å². The van der Waals surface area contributed by atoms with Crippen LogP contribution in [0.2, 0.25) is 0 Å². The first-order valence-corrected chi connectivity index (χ1v) is 27.0. The molecule has 2 fully saturated rings. The molecule has 2 aromatic carbocycles. The molecule has 0 radical (unpaired) electrons. The summed E-state index contributed by atoms with van der Waals surface area (Å²) in [6.07, 6.45) is 7.76. The summed E-state index contributed by atoms with van der Waals surface area (Å²) in [5.41, 5.74) is 22.7. The second-order valence-corrected chi connectivity index (χ2v) is 21.2. The Kier molecular flexibility index (Phi) is 20.6. The fourth-order valence-corrected chi connectivity index (χ4v) is 10.9. The van der Waals surface area contributed by atoms with Crippen molar-refractivity contribution in [3.8, 4) is 22.3 Å². The number of aryl methyl sites for hydroxylation is 4. The SMILES string of the molecule is C.C.Cc1cc2ncc(-c3ccc4c(c3)c(C(N)=O)cn4CC(=O)O)cn2n1.Cc1cccc(CC(O)[C@@H]2C[C@@H](F)CN2)n1.Cc1cccc(CC(O)[C@@H]2C[C@@H](F)CN2C(=O)Cn2cc(C(N)=O)c3cc(-c4cnc5cc(C)nn5c4)ccc32)n1.S. The van der Waals surface area contributed by atoms with Crippen molar-refractivity contribution in [2.24, 2.45) is 11.5 Å². The first-order valence-electron chi connectivity index (χ1n) is 27.0. The minimum atomic E-state index is -1.24. The smallest absolute Gasteiger partial charge is 0.323 e. The van der Waals surface area contributed by atoms with E-state index in [1.54, 1.807) is 44.3 Å². The van der Waals surface area contributed by atoms with Crippen LogP contribution in [0.3, 0.4) is 0 Å². The van der Waals surface area contributed by atoms with Crippen LogP contribution in [-0.4, -0.2) is 142 Å². The molecule has 0 bridgehead atoms. The van der Waals surface area contributed by atoms with Crippen molar-refractivity contribution in [1.82, 2.24) is 58.5 Å². The van der Waals surface area contributed by atoms with Crippen LogP contribution in [0.4, 0.5) is 8.78 Å². The summed E-state index contributed by atoms with van der Waals surface area (Å²) in [6.45, 7) is 7.43. The van der Waals surface area contributed by atoms with Crippen molar-refractivity contribution in [3.63, 3.8) is 0 Å². The number of aliphatic hydroxyl groups is 2. The van der Waals surface area contributed by atoms with Crippen LogP contribution < -0.4 is 16.8 Å². The van der Waals surface area contributed by atoms with Gasteiger partial charge in [-0.2, -0.15) is 23.7 Å². The number of likely N-dealkylation sites (tertiary alicyclic amines) is 1. The Bertz CT molecular complexity index is 4090. The number of aliphatic hydroxyl groups excluding tert-OH is 2. The van der Waals surface area contributed by atoms with E-state index in [-0.39, 0.29) is 83.9 Å². The quantitative estimate of drug-likeness (QED) is 0.0627. The zero-order valence-corrected chi connectivity index (χ0v) is 47.5. The minimum Gasteiger partial charge on any atom is -0.480 e. The van der Waals surface area contributed by atoms with Gasteiger partial charge in [0.25, 0.3) is 11.8 Å². The predicted molar refractivity (Wildman–Crippen MR) is 330 cm³/mol. The molecular weight excluding hydrogens is 1120 g/mol. The average Bonchev–Trinajstić information content (AvgIpc) is 2.01. The Morgan fingerprint density at radius 1 is 0.628 bits per heavy atom. The number of hydrogen-bond donors (Lipinski definition) is 6. The van der Waals surface area contributed by atoms with Crippen molar-refractivity contribution >= 4 is 70.3 Å². The maximum atomic E-state index is 14.6. The fourth-order valence-electron chi connectivity index (χ4n) is 10.9. The molecule has 0 spiro atoms. The molecule has 3 amide bonds. The largest absolute Gasteiger partial charge is 0.480 e. The van der Waals surface area contributed by atoms with E-state index < -0.39 is 48.4 Å². The summed E-state index contributed by atoms with van der Waals surface area (Å²) < 4.78 is 34.0. The van der Waals surface area contributed by atoms with Crippen molar-refractivity contribution < 1.29 is 43.3 Å². The lowest BCUT2D eigenvalue weighted by Gasteiger charge is -2.28. The number of rotatable bonds is 14. The number of halogens is 2. The molecule has 2 saturated heterocycles. The van der Waals surface area contributed by atoms with Gasteiger partial charge in [-0.3, -0.25) is 29.1 Å². The lowest BCUT2D eigenvalue weighted by molar-refractivity contribution is -0.137. The van der Waals surface area contributed by atoms with E-state index in [9.17, 15) is 38.2 Å². The molecule has 2 aliphatic heterocycles. The number of primary amides is 2. The molecule has 8 N–H and O–H groups in total. The van der Waals surface area contributed by atoms with Crippen LogP contribution in [0.1, 0.15) is 82.6 Å². The highest BCUT2D eigenvalue weighted by Gasteiger charge is 2.40. The van der Waals surface area contributed by atoms with Gasteiger partial charge in [-0.25, -0.2) is 27.8 Å². The van der Waals surface area contributed by atoms with Crippen molar-refractivity contribution in [2.75, 3.05) is 13.1 Å². The molecule has 452 valence electrons. The molecule has 2 unspecified atom stereocenters. The third-order valence-electron chi connectivity index (χ3n) is 14.8. The molecule has 86 heavy (non-hydrogen) atoms. The second-order valence-electron chi connectivity index (χ2n) is 21.2. The van der Waals surface area contributed by atoms with Gasteiger partial charge in [-0.15, -0.1) is 0 Å². The number of benzene rings is 2. The van der Waals surface area contributed by atoms with E-state index in [2.05, 4.69) is 35.5 Å². The summed E-state index contributed by atoms with van der Waals surface area (Å²) >= 11 is 0. The van der Waals surface area contributed by atoms with Gasteiger partial charge in [-0.1, -0.05) is 39.1 Å². The van der Waals surface area contributed by atoms with Crippen LogP contribution in [0, 0.1) is 27.7 Å². The van der Waals surface area contributed by atoms with E-state index >= 15 is 0 Å². The molecule has 6 atom stereocenters. The monoisotopic (exact) mass is 1190 g/mol. The van der Waals surface area contributed by atoms with Gasteiger partial charge in [-0.05, 0) is 93.8 Å². The van der Waals surface area contributed by atoms with Crippen LogP contribution in [0.25, 0.3) is 55.4 Å². The number of nitrogens with two attached hydrogens (primary N) is 2. The van der Waals surface area contributed by atoms with E-state index in [4.69, 9.17) is 16.6 Å². The predicted octanol–water partition coefficient (Wildman–Crippen LogP) is 7.23. The lowest BCUT2D eigenvalue weighted by Crippen LogP contribution is -2.45. The topological polar surface area (TPSA) is 292 Å². The van der Waals surface area contributed by atoms with E-state index in [1.165, 1.54) is 15.7 Å². The highest BCUT2D eigenvalue weighted by Crippen LogP contribution is 2.32. The van der Waals surface area contributed by atoms with Crippen molar-refractivity contribution in [3.05, 3.63) is 167 Å². The lowest BCUT2D eigenvalue weighted by atomic mass is 10.0. The van der Waals surface area contributed by atoms with E-state index in [1.807, 2.05) is 113 Å². The van der Waals surface area contributed by atoms with Gasteiger partial charge in [0.05, 0.1) is 47.3 Å². The molecule has 0 aliphatic carbocycles. The number of amides is 3. The van der Waals surface area contributed by atoms with Crippen LogP contribution in [0.15, 0.2) is 122 Å². The Morgan fingerprint density at radius 3 is 1.57 bits per heavy atom. The Hall–Kier alpha value is -8.97. The molecule has 10 aromatic rings. The second kappa shape index (κ2) is 27.4. The van der Waals surface area contributed by atoms with Crippen LogP contribution >= 0.6 is 13.5 Å². The van der Waals surface area contributed by atoms with Gasteiger partial charge in [0, 0.05) is 137 Å². The summed E-state index contributed by atoms with van der Waals surface area (Å²) in [6, 6.07) is 25.2. The molecule has 12 rings (SSSR count). The zero-order valence-electron chi connectivity index (χ0n) is 46.5. The van der Waals surface area contributed by atoms with Gasteiger partial charge >= 0.3 is 5.97 Å². The normalized spacial score (nSPS) is 17.0. The van der Waals surface area contributed by atoms with Gasteiger partial charge in [0.1, 0.15) is 25.4 Å². The average molecular weight is 1200 g/mol. The number of nitrogens with zero attached hydrogens (tertiary/aromatic N) is 11. The zero-order chi connectivity index (χ0) is 58.8. The Labute approximate surface area is 502 Å².